The number of carbonyl (C=O) groups excluding carboxylic acids is 1. The number of thiophene rings is 1. The van der Waals surface area contributed by atoms with Crippen LogP contribution in [0.2, 0.25) is 0 Å². The fourth-order valence-corrected chi connectivity index (χ4v) is 4.85. The largest absolute Gasteiger partial charge is 0.370 e. The maximum absolute atomic E-state index is 12.6. The average Bonchev–Trinajstić information content (AvgIpc) is 3.28. The topological polar surface area (TPSA) is 68.2 Å². The predicted molar refractivity (Wildman–Crippen MR) is 111 cm³/mol. The molecule has 150 valence electrons. The summed E-state index contributed by atoms with van der Waals surface area (Å²) < 4.78 is 8.20. The van der Waals surface area contributed by atoms with Crippen LogP contribution in [0.15, 0.2) is 18.6 Å². The minimum atomic E-state index is -0.187. The Morgan fingerprint density at radius 2 is 2.19 bits per heavy atom. The van der Waals surface area contributed by atoms with Gasteiger partial charge in [0.1, 0.15) is 0 Å². The van der Waals surface area contributed by atoms with Crippen LogP contribution < -0.4 is 10.6 Å². The summed E-state index contributed by atoms with van der Waals surface area (Å²) in [6, 6.07) is 2.06. The third-order valence-electron chi connectivity index (χ3n) is 5.12. The molecule has 2 aromatic heterocycles. The molecule has 27 heavy (non-hydrogen) atoms. The lowest BCUT2D eigenvalue weighted by Gasteiger charge is -2.40. The number of nitrogens with zero attached hydrogens (tertiary/aromatic N) is 2. The van der Waals surface area contributed by atoms with Crippen molar-refractivity contribution in [1.29, 1.82) is 0 Å². The maximum atomic E-state index is 12.6. The summed E-state index contributed by atoms with van der Waals surface area (Å²) in [6.45, 7) is 6.10. The summed E-state index contributed by atoms with van der Waals surface area (Å²) in [4.78, 5) is 19.0. The minimum absolute atomic E-state index is 0. The normalized spacial score (nSPS) is 17.5. The number of rotatable bonds is 4. The van der Waals surface area contributed by atoms with E-state index in [-0.39, 0.29) is 36.3 Å². The standard InChI is InChI=1S/C18H24N4O2S.2ClH/c1-2-22-11-13(21-12-22)10-20-17(23)16-9-14-15(25-16)3-8-24-18(14)4-6-19-7-5-18;;/h9,11-12,19H,2-8,10H2,1H3,(H,20,23);2*1H. The highest BCUT2D eigenvalue weighted by atomic mass is 35.5. The molecule has 1 fully saturated rings. The van der Waals surface area contributed by atoms with Crippen LogP contribution in [-0.4, -0.2) is 35.2 Å². The zero-order chi connectivity index (χ0) is 17.3. The second-order valence-electron chi connectivity index (χ2n) is 6.67. The van der Waals surface area contributed by atoms with Crippen LogP contribution in [0.5, 0.6) is 0 Å². The molecule has 0 unspecified atom stereocenters. The third kappa shape index (κ3) is 4.49. The van der Waals surface area contributed by atoms with Crippen molar-refractivity contribution in [1.82, 2.24) is 20.2 Å². The van der Waals surface area contributed by atoms with Gasteiger partial charge in [-0.3, -0.25) is 4.79 Å². The Kier molecular flexibility index (Phi) is 7.71. The van der Waals surface area contributed by atoms with E-state index in [4.69, 9.17) is 4.74 Å². The second kappa shape index (κ2) is 9.39. The van der Waals surface area contributed by atoms with Crippen LogP contribution in [-0.2, 0) is 29.8 Å². The number of halogens is 2. The molecule has 0 bridgehead atoms. The number of nitrogens with one attached hydrogen (secondary N) is 2. The maximum Gasteiger partial charge on any atom is 0.261 e. The van der Waals surface area contributed by atoms with Gasteiger partial charge in [-0.05, 0) is 44.5 Å². The summed E-state index contributed by atoms with van der Waals surface area (Å²) >= 11 is 1.62. The summed E-state index contributed by atoms with van der Waals surface area (Å²) in [5.74, 6) is -0.0190. The van der Waals surface area contributed by atoms with Crippen molar-refractivity contribution in [2.75, 3.05) is 19.7 Å². The van der Waals surface area contributed by atoms with Crippen molar-refractivity contribution >= 4 is 42.1 Å². The summed E-state index contributed by atoms with van der Waals surface area (Å²) in [5.41, 5.74) is 1.94. The first-order valence-corrected chi connectivity index (χ1v) is 9.78. The SMILES string of the molecule is CCn1cnc(CNC(=O)c2cc3c(s2)CCOC32CCNCC2)c1.Cl.Cl. The fraction of sp³-hybridized carbons (Fsp3) is 0.556. The zero-order valence-electron chi connectivity index (χ0n) is 15.3. The lowest BCUT2D eigenvalue weighted by atomic mass is 9.83. The molecule has 0 aromatic carbocycles. The van der Waals surface area contributed by atoms with Gasteiger partial charge in [0.25, 0.3) is 5.91 Å². The molecule has 1 amide bonds. The van der Waals surface area contributed by atoms with Gasteiger partial charge in [0, 0.05) is 24.0 Å². The summed E-state index contributed by atoms with van der Waals surface area (Å²) in [5, 5.41) is 6.39. The number of piperidine rings is 1. The molecular weight excluding hydrogens is 407 g/mol. The lowest BCUT2D eigenvalue weighted by Crippen LogP contribution is -2.44. The highest BCUT2D eigenvalue weighted by molar-refractivity contribution is 7.14. The minimum Gasteiger partial charge on any atom is -0.370 e. The monoisotopic (exact) mass is 432 g/mol. The van der Waals surface area contributed by atoms with Crippen LogP contribution in [0.4, 0.5) is 0 Å². The number of aryl methyl sites for hydroxylation is 1. The molecule has 2 aromatic rings. The number of carbonyl (C=O) groups is 1. The molecule has 4 heterocycles. The van der Waals surface area contributed by atoms with E-state index in [1.165, 1.54) is 10.4 Å². The van der Waals surface area contributed by atoms with E-state index in [0.29, 0.717) is 6.54 Å². The quantitative estimate of drug-likeness (QED) is 0.778. The molecule has 4 rings (SSSR count). The summed E-state index contributed by atoms with van der Waals surface area (Å²) in [7, 11) is 0. The predicted octanol–water partition coefficient (Wildman–Crippen LogP) is 2.89. The molecule has 2 aliphatic heterocycles. The second-order valence-corrected chi connectivity index (χ2v) is 7.81. The van der Waals surface area contributed by atoms with Crippen LogP contribution >= 0.6 is 36.2 Å². The molecule has 1 spiro atoms. The highest BCUT2D eigenvalue weighted by Crippen LogP contribution is 2.43. The molecule has 0 saturated carbocycles. The lowest BCUT2D eigenvalue weighted by molar-refractivity contribution is -0.0792. The number of aromatic nitrogens is 2. The van der Waals surface area contributed by atoms with Crippen molar-refractivity contribution in [2.24, 2.45) is 0 Å². The number of hydrogen-bond donors (Lipinski definition) is 2. The van der Waals surface area contributed by atoms with E-state index in [0.717, 1.165) is 56.1 Å². The van der Waals surface area contributed by atoms with Gasteiger partial charge in [0.15, 0.2) is 0 Å². The molecule has 2 aliphatic rings. The van der Waals surface area contributed by atoms with Crippen LogP contribution in [0.1, 0.15) is 45.6 Å². The number of ether oxygens (including phenoxy) is 1. The molecular formula is C18H26Cl2N4O2S. The number of hydrogen-bond acceptors (Lipinski definition) is 5. The Morgan fingerprint density at radius 1 is 1.41 bits per heavy atom. The first-order valence-electron chi connectivity index (χ1n) is 8.97. The molecule has 0 atom stereocenters. The Labute approximate surface area is 175 Å². The Hall–Kier alpha value is -1.12. The molecule has 9 heteroatoms. The van der Waals surface area contributed by atoms with Crippen molar-refractivity contribution in [3.05, 3.63) is 39.6 Å². The van der Waals surface area contributed by atoms with E-state index in [1.807, 2.05) is 10.8 Å². The van der Waals surface area contributed by atoms with Gasteiger partial charge in [0.2, 0.25) is 0 Å². The van der Waals surface area contributed by atoms with Crippen molar-refractivity contribution in [3.63, 3.8) is 0 Å². The first-order chi connectivity index (χ1) is 12.2. The average molecular weight is 433 g/mol. The molecule has 0 aliphatic carbocycles. The number of fused-ring (bicyclic) bond motifs is 2. The van der Waals surface area contributed by atoms with E-state index in [1.54, 1.807) is 17.7 Å². The first kappa shape index (κ1) is 22.2. The Morgan fingerprint density at radius 3 is 2.89 bits per heavy atom. The smallest absolute Gasteiger partial charge is 0.261 e. The van der Waals surface area contributed by atoms with Gasteiger partial charge in [-0.1, -0.05) is 0 Å². The summed E-state index contributed by atoms with van der Waals surface area (Å²) in [6.07, 6.45) is 6.63. The fourth-order valence-electron chi connectivity index (χ4n) is 3.70. The van der Waals surface area contributed by atoms with Gasteiger partial charge in [-0.25, -0.2) is 4.98 Å². The van der Waals surface area contributed by atoms with Gasteiger partial charge in [-0.2, -0.15) is 0 Å². The van der Waals surface area contributed by atoms with Gasteiger partial charge < -0.3 is 19.9 Å². The molecule has 6 nitrogen and oxygen atoms in total. The molecule has 1 saturated heterocycles. The van der Waals surface area contributed by atoms with E-state index in [2.05, 4.69) is 28.6 Å². The van der Waals surface area contributed by atoms with E-state index < -0.39 is 0 Å². The molecule has 2 N–H and O–H groups in total. The van der Waals surface area contributed by atoms with Crippen molar-refractivity contribution < 1.29 is 9.53 Å². The highest BCUT2D eigenvalue weighted by Gasteiger charge is 2.40. The number of amides is 1. The van der Waals surface area contributed by atoms with Crippen LogP contribution in [0.25, 0.3) is 0 Å². The van der Waals surface area contributed by atoms with Crippen molar-refractivity contribution in [2.45, 2.75) is 44.9 Å². The number of imidazole rings is 1. The Balaban J connectivity index is 0.00000131. The van der Waals surface area contributed by atoms with Gasteiger partial charge in [-0.15, -0.1) is 36.2 Å². The molecule has 0 radical (unpaired) electrons. The Bertz CT molecular complexity index is 771. The van der Waals surface area contributed by atoms with Crippen LogP contribution in [0, 0.1) is 0 Å². The van der Waals surface area contributed by atoms with Crippen molar-refractivity contribution in [3.8, 4) is 0 Å². The zero-order valence-corrected chi connectivity index (χ0v) is 17.8. The third-order valence-corrected chi connectivity index (χ3v) is 6.32. The van der Waals surface area contributed by atoms with E-state index >= 15 is 0 Å². The van der Waals surface area contributed by atoms with Gasteiger partial charge in [0.05, 0.1) is 35.7 Å². The van der Waals surface area contributed by atoms with Crippen LogP contribution in [0.3, 0.4) is 0 Å². The van der Waals surface area contributed by atoms with E-state index in [9.17, 15) is 4.79 Å². The van der Waals surface area contributed by atoms with Gasteiger partial charge >= 0.3 is 0 Å².